The molecule has 22 heavy (non-hydrogen) atoms. The molecule has 0 aliphatic heterocycles. The molecule has 0 radical (unpaired) electrons. The van der Waals surface area contributed by atoms with Crippen LogP contribution in [0.1, 0.15) is 37.7 Å². The van der Waals surface area contributed by atoms with Gasteiger partial charge in [0, 0.05) is 12.6 Å². The number of carbonyl (C=O) groups excluding carboxylic acids is 1. The molecule has 0 spiro atoms. The van der Waals surface area contributed by atoms with Crippen molar-refractivity contribution in [2.24, 2.45) is 0 Å². The Morgan fingerprint density at radius 1 is 1.41 bits per heavy atom. The van der Waals surface area contributed by atoms with Crippen LogP contribution in [-0.2, 0) is 0 Å². The molecule has 1 aliphatic carbocycles. The second-order valence-electron chi connectivity index (χ2n) is 5.87. The summed E-state index contributed by atoms with van der Waals surface area (Å²) in [5, 5.41) is 3.00. The van der Waals surface area contributed by atoms with Crippen LogP contribution in [0, 0.1) is 6.92 Å². The lowest BCUT2D eigenvalue weighted by Crippen LogP contribution is -2.44. The highest BCUT2D eigenvalue weighted by Gasteiger charge is 2.25. The highest BCUT2D eigenvalue weighted by molar-refractivity contribution is 5.91. The molecular weight excluding hydrogens is 276 g/mol. The molecule has 1 fully saturated rings. The molecule has 1 saturated carbocycles. The van der Waals surface area contributed by atoms with Gasteiger partial charge in [-0.3, -0.25) is 0 Å². The van der Waals surface area contributed by atoms with Crippen LogP contribution in [0.2, 0.25) is 0 Å². The maximum atomic E-state index is 12.7. The predicted molar refractivity (Wildman–Crippen MR) is 90.5 cm³/mol. The smallest absolute Gasteiger partial charge is 0.322 e. The van der Waals surface area contributed by atoms with E-state index < -0.39 is 0 Å². The Kier molecular flexibility index (Phi) is 5.87. The zero-order valence-corrected chi connectivity index (χ0v) is 13.6. The number of anilines is 1. The summed E-state index contributed by atoms with van der Waals surface area (Å²) >= 11 is 0. The third-order valence-corrected chi connectivity index (χ3v) is 4.20. The van der Waals surface area contributed by atoms with Crippen molar-refractivity contribution in [3.63, 3.8) is 0 Å². The standard InChI is InChI=1S/C18H26N2O2/c1-4-12-20(15-8-6-5-7-9-15)18(21)19-16-13-14(2)10-11-17(16)22-3/h4,10-11,13,15H,1,5-9,12H2,2-3H3,(H,19,21). The zero-order chi connectivity index (χ0) is 15.9. The van der Waals surface area contributed by atoms with Gasteiger partial charge in [0.05, 0.1) is 12.8 Å². The number of methoxy groups -OCH3 is 1. The van der Waals surface area contributed by atoms with E-state index in [0.717, 1.165) is 24.1 Å². The first-order valence-electron chi connectivity index (χ1n) is 7.99. The van der Waals surface area contributed by atoms with Gasteiger partial charge in [0.1, 0.15) is 5.75 Å². The van der Waals surface area contributed by atoms with Crippen molar-refractivity contribution in [2.75, 3.05) is 19.0 Å². The van der Waals surface area contributed by atoms with E-state index in [-0.39, 0.29) is 6.03 Å². The van der Waals surface area contributed by atoms with Gasteiger partial charge in [-0.25, -0.2) is 4.79 Å². The summed E-state index contributed by atoms with van der Waals surface area (Å²) in [4.78, 5) is 14.6. The van der Waals surface area contributed by atoms with Gasteiger partial charge in [0.2, 0.25) is 0 Å². The summed E-state index contributed by atoms with van der Waals surface area (Å²) in [6, 6.07) is 6.02. The van der Waals surface area contributed by atoms with E-state index in [1.165, 1.54) is 19.3 Å². The molecular formula is C18H26N2O2. The van der Waals surface area contributed by atoms with Gasteiger partial charge in [0.25, 0.3) is 0 Å². The second kappa shape index (κ2) is 7.87. The van der Waals surface area contributed by atoms with Gasteiger partial charge in [0.15, 0.2) is 0 Å². The molecule has 0 saturated heterocycles. The average molecular weight is 302 g/mol. The third-order valence-electron chi connectivity index (χ3n) is 4.20. The molecule has 2 rings (SSSR count). The van der Waals surface area contributed by atoms with Crippen molar-refractivity contribution in [2.45, 2.75) is 45.1 Å². The first kappa shape index (κ1) is 16.4. The lowest BCUT2D eigenvalue weighted by atomic mass is 9.94. The highest BCUT2D eigenvalue weighted by Crippen LogP contribution is 2.27. The van der Waals surface area contributed by atoms with Crippen LogP contribution < -0.4 is 10.1 Å². The third kappa shape index (κ3) is 4.03. The van der Waals surface area contributed by atoms with Crippen molar-refractivity contribution >= 4 is 11.7 Å². The van der Waals surface area contributed by atoms with Gasteiger partial charge < -0.3 is 15.0 Å². The SMILES string of the molecule is C=CCN(C(=O)Nc1cc(C)ccc1OC)C1CCCCC1. The normalized spacial score (nSPS) is 15.2. The van der Waals surface area contributed by atoms with Crippen LogP contribution in [0.4, 0.5) is 10.5 Å². The number of carbonyl (C=O) groups is 1. The molecule has 0 heterocycles. The maximum Gasteiger partial charge on any atom is 0.322 e. The Labute approximate surface area is 133 Å². The number of nitrogens with one attached hydrogen (secondary N) is 1. The van der Waals surface area contributed by atoms with E-state index in [2.05, 4.69) is 11.9 Å². The van der Waals surface area contributed by atoms with Crippen LogP contribution in [0.25, 0.3) is 0 Å². The van der Waals surface area contributed by atoms with Crippen molar-refractivity contribution in [1.29, 1.82) is 0 Å². The van der Waals surface area contributed by atoms with E-state index in [1.54, 1.807) is 13.2 Å². The topological polar surface area (TPSA) is 41.6 Å². The summed E-state index contributed by atoms with van der Waals surface area (Å²) in [6.45, 7) is 6.36. The van der Waals surface area contributed by atoms with Crippen molar-refractivity contribution in [1.82, 2.24) is 4.90 Å². The first-order chi connectivity index (χ1) is 10.7. The molecule has 120 valence electrons. The van der Waals surface area contributed by atoms with Crippen LogP contribution >= 0.6 is 0 Å². The van der Waals surface area contributed by atoms with Crippen molar-refractivity contribution < 1.29 is 9.53 Å². The average Bonchev–Trinajstić information content (AvgIpc) is 2.53. The van der Waals surface area contributed by atoms with Crippen molar-refractivity contribution in [3.8, 4) is 5.75 Å². The minimum Gasteiger partial charge on any atom is -0.495 e. The summed E-state index contributed by atoms with van der Waals surface area (Å²) < 4.78 is 5.33. The number of amides is 2. The van der Waals surface area contributed by atoms with Crippen molar-refractivity contribution in [3.05, 3.63) is 36.4 Å². The highest BCUT2D eigenvalue weighted by atomic mass is 16.5. The number of urea groups is 1. The quantitative estimate of drug-likeness (QED) is 0.821. The fourth-order valence-corrected chi connectivity index (χ4v) is 3.04. The second-order valence-corrected chi connectivity index (χ2v) is 5.87. The van der Waals surface area contributed by atoms with Crippen LogP contribution in [0.15, 0.2) is 30.9 Å². The Hall–Kier alpha value is -1.97. The number of aryl methyl sites for hydroxylation is 1. The number of benzene rings is 1. The Morgan fingerprint density at radius 3 is 2.77 bits per heavy atom. The maximum absolute atomic E-state index is 12.7. The summed E-state index contributed by atoms with van der Waals surface area (Å²) in [5.74, 6) is 0.682. The lowest BCUT2D eigenvalue weighted by molar-refractivity contribution is 0.176. The van der Waals surface area contributed by atoms with Crippen LogP contribution in [0.5, 0.6) is 5.75 Å². The Bertz CT molecular complexity index is 522. The molecule has 0 atom stereocenters. The first-order valence-corrected chi connectivity index (χ1v) is 7.99. The molecule has 0 bridgehead atoms. The number of hydrogen-bond donors (Lipinski definition) is 1. The molecule has 4 heteroatoms. The van der Waals surface area contributed by atoms with Gasteiger partial charge in [-0.2, -0.15) is 0 Å². The number of ether oxygens (including phenoxy) is 1. The van der Waals surface area contributed by atoms with Gasteiger partial charge in [-0.05, 0) is 37.5 Å². The van der Waals surface area contributed by atoms with E-state index in [9.17, 15) is 4.79 Å². The summed E-state index contributed by atoms with van der Waals surface area (Å²) in [6.07, 6.45) is 7.60. The largest absolute Gasteiger partial charge is 0.495 e. The molecule has 1 aliphatic rings. The molecule has 4 nitrogen and oxygen atoms in total. The minimum absolute atomic E-state index is 0.0734. The Balaban J connectivity index is 2.13. The van der Waals surface area contributed by atoms with Gasteiger partial charge in [-0.15, -0.1) is 6.58 Å². The van der Waals surface area contributed by atoms with Crippen LogP contribution in [0.3, 0.4) is 0 Å². The molecule has 1 N–H and O–H groups in total. The predicted octanol–water partition coefficient (Wildman–Crippen LogP) is 4.36. The van der Waals surface area contributed by atoms with E-state index in [4.69, 9.17) is 4.74 Å². The van der Waals surface area contributed by atoms with E-state index >= 15 is 0 Å². The fraction of sp³-hybridized carbons (Fsp3) is 0.500. The molecule has 0 aromatic heterocycles. The number of hydrogen-bond acceptors (Lipinski definition) is 2. The molecule has 2 amide bonds. The number of nitrogens with zero attached hydrogens (tertiary/aromatic N) is 1. The summed E-state index contributed by atoms with van der Waals surface area (Å²) in [7, 11) is 1.61. The van der Waals surface area contributed by atoms with Crippen LogP contribution in [-0.4, -0.2) is 30.6 Å². The minimum atomic E-state index is -0.0734. The monoisotopic (exact) mass is 302 g/mol. The van der Waals surface area contributed by atoms with E-state index in [1.807, 2.05) is 30.0 Å². The fourth-order valence-electron chi connectivity index (χ4n) is 3.04. The van der Waals surface area contributed by atoms with E-state index in [0.29, 0.717) is 18.3 Å². The van der Waals surface area contributed by atoms with Gasteiger partial charge >= 0.3 is 6.03 Å². The molecule has 1 aromatic carbocycles. The number of rotatable bonds is 5. The summed E-state index contributed by atoms with van der Waals surface area (Å²) in [5.41, 5.74) is 1.81. The lowest BCUT2D eigenvalue weighted by Gasteiger charge is -2.33. The molecule has 0 unspecified atom stereocenters. The van der Waals surface area contributed by atoms with Gasteiger partial charge in [-0.1, -0.05) is 31.4 Å². The molecule has 1 aromatic rings. The Morgan fingerprint density at radius 2 is 2.14 bits per heavy atom. The zero-order valence-electron chi connectivity index (χ0n) is 13.6.